The number of nitrogens with zero attached hydrogens (tertiary/aromatic N) is 3. The number of fused-ring (bicyclic) bond motifs is 1. The Labute approximate surface area is 127 Å². The fourth-order valence-corrected chi connectivity index (χ4v) is 3.39. The van der Waals surface area contributed by atoms with E-state index in [2.05, 4.69) is 24.7 Å². The van der Waals surface area contributed by atoms with Gasteiger partial charge in [0.1, 0.15) is 5.56 Å². The zero-order valence-corrected chi connectivity index (χ0v) is 12.6. The summed E-state index contributed by atoms with van der Waals surface area (Å²) in [6.07, 6.45) is 7.33. The summed E-state index contributed by atoms with van der Waals surface area (Å²) in [4.78, 5) is 24.4. The van der Waals surface area contributed by atoms with E-state index in [0.29, 0.717) is 17.4 Å². The van der Waals surface area contributed by atoms with Gasteiger partial charge in [0.05, 0.1) is 11.7 Å². The molecule has 1 aromatic rings. The molecule has 0 amide bonds. The summed E-state index contributed by atoms with van der Waals surface area (Å²) in [7, 11) is 0. The molecule has 0 spiro atoms. The van der Waals surface area contributed by atoms with E-state index in [0.717, 1.165) is 36.5 Å². The highest BCUT2D eigenvalue weighted by Gasteiger charge is 2.27. The first-order valence-corrected chi connectivity index (χ1v) is 7.93. The Morgan fingerprint density at radius 3 is 2.82 bits per heavy atom. The standard InChI is InChI=1S/C16H19N5O/c1-2-11-13-15(21(20-11)10-6-3-4-7-10)18-14(19-16(13)22)12-8-5-9-17-12/h5,8-10,17,20H,2-4,6-7H2,1H3. The van der Waals surface area contributed by atoms with Crippen LogP contribution in [-0.2, 0) is 6.42 Å². The van der Waals surface area contributed by atoms with Crippen molar-refractivity contribution in [2.75, 3.05) is 0 Å². The highest BCUT2D eigenvalue weighted by atomic mass is 16.1. The summed E-state index contributed by atoms with van der Waals surface area (Å²) in [5, 5.41) is 3.40. The second kappa shape index (κ2) is 5.12. The minimum Gasteiger partial charge on any atom is -0.359 e. The first kappa shape index (κ1) is 13.3. The molecule has 1 saturated carbocycles. The average Bonchev–Trinajstić information content (AvgIpc) is 3.26. The topological polar surface area (TPSA) is 79.4 Å². The highest BCUT2D eigenvalue weighted by Crippen LogP contribution is 2.34. The lowest BCUT2D eigenvalue weighted by Crippen LogP contribution is -2.17. The van der Waals surface area contributed by atoms with E-state index >= 15 is 0 Å². The van der Waals surface area contributed by atoms with Crippen LogP contribution in [0, 0.1) is 0 Å². The first-order valence-electron chi connectivity index (χ1n) is 7.93. The monoisotopic (exact) mass is 297 g/mol. The van der Waals surface area contributed by atoms with Gasteiger partial charge in [-0.15, -0.1) is 0 Å². The van der Waals surface area contributed by atoms with Crippen LogP contribution in [0.1, 0.15) is 44.3 Å². The number of hydrogen-bond donors (Lipinski definition) is 2. The SMILES string of the molecule is CCc1[nH]n(C2CCCC2)c2nc(-c3ccc[nH]3)nc(=O)c1-2. The van der Waals surface area contributed by atoms with Crippen LogP contribution in [0.4, 0.5) is 0 Å². The lowest BCUT2D eigenvalue weighted by Gasteiger charge is -2.13. The van der Waals surface area contributed by atoms with Crippen molar-refractivity contribution in [3.05, 3.63) is 34.4 Å². The lowest BCUT2D eigenvalue weighted by molar-refractivity contribution is 0.464. The normalized spacial score (nSPS) is 15.9. The van der Waals surface area contributed by atoms with E-state index in [9.17, 15) is 4.79 Å². The van der Waals surface area contributed by atoms with Crippen molar-refractivity contribution in [1.29, 1.82) is 0 Å². The van der Waals surface area contributed by atoms with Crippen LogP contribution >= 0.6 is 0 Å². The molecule has 1 aliphatic carbocycles. The zero-order chi connectivity index (χ0) is 15.1. The van der Waals surface area contributed by atoms with E-state index in [1.54, 1.807) is 0 Å². The second-order valence-electron chi connectivity index (χ2n) is 5.89. The maximum atomic E-state index is 12.5. The summed E-state index contributed by atoms with van der Waals surface area (Å²) < 4.78 is 2.09. The number of aromatic amines is 2. The number of aryl methyl sites for hydroxylation is 1. The molecule has 0 saturated heterocycles. The van der Waals surface area contributed by atoms with Gasteiger partial charge in [-0.25, -0.2) is 4.98 Å². The van der Waals surface area contributed by atoms with Crippen LogP contribution in [0.25, 0.3) is 22.9 Å². The third kappa shape index (κ3) is 1.98. The van der Waals surface area contributed by atoms with E-state index in [4.69, 9.17) is 0 Å². The lowest BCUT2D eigenvalue weighted by atomic mass is 10.1. The predicted octanol–water partition coefficient (Wildman–Crippen LogP) is 2.74. The maximum Gasteiger partial charge on any atom is 0.284 e. The molecule has 6 nitrogen and oxygen atoms in total. The summed E-state index contributed by atoms with van der Waals surface area (Å²) in [5.74, 6) is 1.21. The van der Waals surface area contributed by atoms with E-state index < -0.39 is 0 Å². The fourth-order valence-electron chi connectivity index (χ4n) is 3.39. The highest BCUT2D eigenvalue weighted by molar-refractivity contribution is 5.63. The van der Waals surface area contributed by atoms with Gasteiger partial charge < -0.3 is 4.98 Å². The molecule has 2 aliphatic heterocycles. The Bertz CT molecular complexity index is 808. The summed E-state index contributed by atoms with van der Waals surface area (Å²) in [5.41, 5.74) is 2.16. The molecule has 3 heterocycles. The van der Waals surface area contributed by atoms with E-state index in [1.165, 1.54) is 12.8 Å². The van der Waals surface area contributed by atoms with E-state index in [-0.39, 0.29) is 5.56 Å². The van der Waals surface area contributed by atoms with Gasteiger partial charge in [-0.05, 0) is 31.4 Å². The Morgan fingerprint density at radius 1 is 1.32 bits per heavy atom. The van der Waals surface area contributed by atoms with Gasteiger partial charge in [0.15, 0.2) is 11.6 Å². The quantitative estimate of drug-likeness (QED) is 0.780. The van der Waals surface area contributed by atoms with Crippen molar-refractivity contribution in [1.82, 2.24) is 24.7 Å². The number of rotatable bonds is 3. The van der Waals surface area contributed by atoms with Gasteiger partial charge in [0.2, 0.25) is 0 Å². The first-order chi connectivity index (χ1) is 10.8. The molecule has 6 heteroatoms. The summed E-state index contributed by atoms with van der Waals surface area (Å²) in [6, 6.07) is 4.18. The molecule has 1 fully saturated rings. The Hall–Kier alpha value is -2.37. The van der Waals surface area contributed by atoms with Crippen LogP contribution in [0.3, 0.4) is 0 Å². The fraction of sp³-hybridized carbons (Fsp3) is 0.438. The molecule has 0 bridgehead atoms. The Morgan fingerprint density at radius 2 is 2.14 bits per heavy atom. The van der Waals surface area contributed by atoms with E-state index in [1.807, 2.05) is 25.3 Å². The third-order valence-corrected chi connectivity index (χ3v) is 4.52. The maximum absolute atomic E-state index is 12.5. The molecule has 22 heavy (non-hydrogen) atoms. The molecular weight excluding hydrogens is 278 g/mol. The summed E-state index contributed by atoms with van der Waals surface area (Å²) in [6.45, 7) is 2.04. The van der Waals surface area contributed by atoms with Gasteiger partial charge in [0, 0.05) is 11.9 Å². The van der Waals surface area contributed by atoms with Crippen molar-refractivity contribution in [3.63, 3.8) is 0 Å². The number of H-pyrrole nitrogens is 2. The summed E-state index contributed by atoms with van der Waals surface area (Å²) >= 11 is 0. The minimum absolute atomic E-state index is 0.195. The third-order valence-electron chi connectivity index (χ3n) is 4.52. The average molecular weight is 297 g/mol. The van der Waals surface area contributed by atoms with Crippen LogP contribution in [0.15, 0.2) is 23.1 Å². The molecule has 114 valence electrons. The predicted molar refractivity (Wildman–Crippen MR) is 83.9 cm³/mol. The van der Waals surface area contributed by atoms with Gasteiger partial charge in [0.25, 0.3) is 5.56 Å². The van der Waals surface area contributed by atoms with Gasteiger partial charge in [-0.1, -0.05) is 19.8 Å². The number of nitrogens with one attached hydrogen (secondary N) is 2. The zero-order valence-electron chi connectivity index (χ0n) is 12.6. The van der Waals surface area contributed by atoms with Crippen molar-refractivity contribution in [2.45, 2.75) is 45.1 Å². The van der Waals surface area contributed by atoms with Gasteiger partial charge in [-0.3, -0.25) is 14.6 Å². The minimum atomic E-state index is -0.195. The van der Waals surface area contributed by atoms with Crippen molar-refractivity contribution in [2.24, 2.45) is 0 Å². The molecule has 0 aromatic carbocycles. The molecule has 3 aliphatic rings. The Kier molecular flexibility index (Phi) is 3.10. The number of aromatic nitrogens is 5. The molecule has 0 atom stereocenters. The van der Waals surface area contributed by atoms with Crippen LogP contribution < -0.4 is 5.56 Å². The largest absolute Gasteiger partial charge is 0.359 e. The van der Waals surface area contributed by atoms with Crippen molar-refractivity contribution >= 4 is 0 Å². The van der Waals surface area contributed by atoms with Crippen LogP contribution in [0.2, 0.25) is 0 Å². The number of hydrogen-bond acceptors (Lipinski definition) is 3. The van der Waals surface area contributed by atoms with Gasteiger partial charge >= 0.3 is 0 Å². The molecule has 4 rings (SSSR count). The van der Waals surface area contributed by atoms with Crippen molar-refractivity contribution in [3.8, 4) is 22.9 Å². The van der Waals surface area contributed by atoms with Gasteiger partial charge in [-0.2, -0.15) is 4.98 Å². The molecule has 0 radical (unpaired) electrons. The molecule has 0 unspecified atom stereocenters. The van der Waals surface area contributed by atoms with Crippen molar-refractivity contribution < 1.29 is 0 Å². The Balaban J connectivity index is 1.94. The molecule has 1 aromatic heterocycles. The van der Waals surface area contributed by atoms with Crippen LogP contribution in [-0.4, -0.2) is 24.7 Å². The molecular formula is C16H19N5O. The molecule has 2 N–H and O–H groups in total. The second-order valence-corrected chi connectivity index (χ2v) is 5.89. The smallest absolute Gasteiger partial charge is 0.284 e. The van der Waals surface area contributed by atoms with Crippen LogP contribution in [0.5, 0.6) is 0 Å².